The van der Waals surface area contributed by atoms with Crippen molar-refractivity contribution in [3.8, 4) is 22.6 Å². The van der Waals surface area contributed by atoms with Crippen molar-refractivity contribution in [3.63, 3.8) is 0 Å². The molecule has 4 aromatic rings. The van der Waals surface area contributed by atoms with Gasteiger partial charge in [-0.3, -0.25) is 15.1 Å². The molecule has 1 N–H and O–H groups in total. The molecule has 0 aliphatic heterocycles. The Morgan fingerprint density at radius 1 is 1.12 bits per heavy atom. The van der Waals surface area contributed by atoms with E-state index < -0.39 is 49.5 Å². The Morgan fingerprint density at radius 2 is 1.88 bits per heavy atom. The number of pyridine rings is 1. The number of hydrogen-bond acceptors (Lipinski definition) is 9. The lowest BCUT2D eigenvalue weighted by atomic mass is 9.85. The van der Waals surface area contributed by atoms with Crippen molar-refractivity contribution in [2.75, 3.05) is 5.32 Å². The van der Waals surface area contributed by atoms with E-state index in [-0.39, 0.29) is 17.3 Å². The normalized spacial score (nSPS) is 11.7. The summed E-state index contributed by atoms with van der Waals surface area (Å²) in [6.45, 7) is 4.56. The second kappa shape index (κ2) is 11.3. The Balaban J connectivity index is 1.80. The number of amides is 1. The fourth-order valence-electron chi connectivity index (χ4n) is 3.69. The Bertz CT molecular complexity index is 1710. The number of halogens is 3. The summed E-state index contributed by atoms with van der Waals surface area (Å²) in [7, 11) is -5.12. The average molecular weight is 608 g/mol. The molecule has 0 fully saturated rings. The van der Waals surface area contributed by atoms with E-state index in [4.69, 9.17) is 16.3 Å². The van der Waals surface area contributed by atoms with Crippen molar-refractivity contribution < 1.29 is 35.7 Å². The van der Waals surface area contributed by atoms with Crippen molar-refractivity contribution in [2.24, 2.45) is 0 Å². The molecule has 9 nitrogen and oxygen atoms in total. The topological polar surface area (TPSA) is 125 Å². The molecule has 4 rings (SSSR count). The Kier molecular flexibility index (Phi) is 8.19. The first kappa shape index (κ1) is 29.1. The Morgan fingerprint density at radius 3 is 2.52 bits per heavy atom. The van der Waals surface area contributed by atoms with Gasteiger partial charge in [-0.25, -0.2) is 18.6 Å². The SMILES string of the molecule is CC(C)(C)c1c(F)c(S(=O)(=O)OC(=O)Nc2cscn2)cc(F)c1Oc1ccc(Cl)cc1-c1ccnc(C=O)c1. The first-order valence-corrected chi connectivity index (χ1v) is 14.1. The number of aldehydes is 1. The predicted octanol–water partition coefficient (Wildman–Crippen LogP) is 6.98. The molecule has 0 aliphatic carbocycles. The predicted molar refractivity (Wildman–Crippen MR) is 145 cm³/mol. The van der Waals surface area contributed by atoms with Crippen LogP contribution in [0.4, 0.5) is 19.4 Å². The number of anilines is 1. The standard InChI is InChI=1S/C26H20ClF2N3O6S2/c1-26(2,3)22-23(29)20(40(35,36)38-25(34)32-21-12-39-13-31-21)10-18(28)24(22)37-19-5-4-15(27)9-17(19)14-6-7-30-16(8-14)11-33/h4-13H,1-3H3,(H,32,34). The van der Waals surface area contributed by atoms with Gasteiger partial charge in [-0.05, 0) is 41.3 Å². The number of nitrogens with one attached hydrogen (secondary N) is 1. The highest BCUT2D eigenvalue weighted by Gasteiger charge is 2.35. The van der Waals surface area contributed by atoms with Gasteiger partial charge in [0.2, 0.25) is 0 Å². The number of thiazole rings is 1. The van der Waals surface area contributed by atoms with Crippen LogP contribution in [0.2, 0.25) is 5.02 Å². The molecule has 0 radical (unpaired) electrons. The number of carbonyl (C=O) groups excluding carboxylic acids is 2. The van der Waals surface area contributed by atoms with Crippen molar-refractivity contribution in [3.05, 3.63) is 81.4 Å². The molecule has 40 heavy (non-hydrogen) atoms. The van der Waals surface area contributed by atoms with E-state index in [1.807, 2.05) is 0 Å². The van der Waals surface area contributed by atoms with Gasteiger partial charge in [0, 0.05) is 33.8 Å². The van der Waals surface area contributed by atoms with Gasteiger partial charge in [-0.1, -0.05) is 32.4 Å². The van der Waals surface area contributed by atoms with Crippen LogP contribution in [-0.4, -0.2) is 30.8 Å². The van der Waals surface area contributed by atoms with E-state index >= 15 is 8.78 Å². The van der Waals surface area contributed by atoms with Crippen molar-refractivity contribution in [1.29, 1.82) is 0 Å². The molecule has 1 amide bonds. The minimum absolute atomic E-state index is 0.0178. The first-order valence-electron chi connectivity index (χ1n) is 11.4. The van der Waals surface area contributed by atoms with E-state index in [0.29, 0.717) is 28.5 Å². The van der Waals surface area contributed by atoms with E-state index in [9.17, 15) is 18.0 Å². The second-order valence-electron chi connectivity index (χ2n) is 9.28. The number of carbonyl (C=O) groups is 2. The third-order valence-electron chi connectivity index (χ3n) is 5.37. The highest BCUT2D eigenvalue weighted by Crippen LogP contribution is 2.43. The van der Waals surface area contributed by atoms with Gasteiger partial charge in [-0.15, -0.1) is 11.3 Å². The van der Waals surface area contributed by atoms with Crippen LogP contribution in [0.15, 0.2) is 58.4 Å². The monoisotopic (exact) mass is 607 g/mol. The maximum atomic E-state index is 15.9. The zero-order chi connectivity index (χ0) is 29.2. The molecule has 0 saturated heterocycles. The number of benzene rings is 2. The molecule has 0 saturated carbocycles. The minimum atomic E-state index is -5.12. The third kappa shape index (κ3) is 6.27. The molecule has 0 bridgehead atoms. The zero-order valence-corrected chi connectivity index (χ0v) is 23.5. The second-order valence-corrected chi connectivity index (χ2v) is 11.9. The summed E-state index contributed by atoms with van der Waals surface area (Å²) >= 11 is 7.30. The van der Waals surface area contributed by atoms with Crippen LogP contribution in [0.3, 0.4) is 0 Å². The maximum Gasteiger partial charge on any atom is 0.428 e. The third-order valence-corrected chi connectivity index (χ3v) is 7.40. The summed E-state index contributed by atoms with van der Waals surface area (Å²) in [6.07, 6.45) is 0.468. The summed E-state index contributed by atoms with van der Waals surface area (Å²) in [5.74, 6) is -3.15. The van der Waals surface area contributed by atoms with Crippen LogP contribution in [0, 0.1) is 11.6 Å². The molecule has 14 heteroatoms. The highest BCUT2D eigenvalue weighted by molar-refractivity contribution is 7.87. The molecule has 208 valence electrons. The van der Waals surface area contributed by atoms with Crippen molar-refractivity contribution in [1.82, 2.24) is 9.97 Å². The molecular formula is C26H20ClF2N3O6S2. The molecule has 0 unspecified atom stereocenters. The largest absolute Gasteiger partial charge is 0.453 e. The number of hydrogen-bond donors (Lipinski definition) is 1. The number of rotatable bonds is 7. The molecule has 0 aliphatic rings. The van der Waals surface area contributed by atoms with Crippen molar-refractivity contribution >= 4 is 51.3 Å². The molecule has 0 spiro atoms. The number of nitrogens with zero attached hydrogens (tertiary/aromatic N) is 2. The first-order chi connectivity index (χ1) is 18.8. The van der Waals surface area contributed by atoms with Gasteiger partial charge in [0.15, 0.2) is 23.7 Å². The van der Waals surface area contributed by atoms with Crippen LogP contribution in [-0.2, 0) is 19.7 Å². The Labute approximate surface area is 236 Å². The highest BCUT2D eigenvalue weighted by atomic mass is 35.5. The van der Waals surface area contributed by atoms with Gasteiger partial charge in [0.1, 0.15) is 22.2 Å². The average Bonchev–Trinajstić information content (AvgIpc) is 3.38. The van der Waals surface area contributed by atoms with E-state index in [1.54, 1.807) is 6.07 Å². The van der Waals surface area contributed by atoms with Crippen LogP contribution in [0.1, 0.15) is 36.8 Å². The lowest BCUT2D eigenvalue weighted by molar-refractivity contribution is 0.111. The van der Waals surface area contributed by atoms with Gasteiger partial charge in [-0.2, -0.15) is 8.42 Å². The van der Waals surface area contributed by atoms with Gasteiger partial charge < -0.3 is 8.92 Å². The van der Waals surface area contributed by atoms with E-state index in [0.717, 1.165) is 11.3 Å². The molecule has 2 heterocycles. The molecular weight excluding hydrogens is 588 g/mol. The van der Waals surface area contributed by atoms with Gasteiger partial charge in [0.05, 0.1) is 5.51 Å². The molecule has 2 aromatic heterocycles. The quantitative estimate of drug-likeness (QED) is 0.176. The summed E-state index contributed by atoms with van der Waals surface area (Å²) in [5.41, 5.74) is 0.657. The zero-order valence-electron chi connectivity index (χ0n) is 21.1. The fraction of sp³-hybridized carbons (Fsp3) is 0.154. The van der Waals surface area contributed by atoms with Crippen LogP contribution in [0.25, 0.3) is 11.1 Å². The number of ether oxygens (including phenoxy) is 1. The lowest BCUT2D eigenvalue weighted by Crippen LogP contribution is -2.23. The van der Waals surface area contributed by atoms with Crippen LogP contribution in [0.5, 0.6) is 11.5 Å². The minimum Gasteiger partial charge on any atom is -0.453 e. The maximum absolute atomic E-state index is 15.9. The van der Waals surface area contributed by atoms with Gasteiger partial charge >= 0.3 is 16.2 Å². The number of aromatic nitrogens is 2. The van der Waals surface area contributed by atoms with E-state index in [1.165, 1.54) is 62.1 Å². The fourth-order valence-corrected chi connectivity index (χ4v) is 5.25. The molecule has 2 aromatic carbocycles. The van der Waals surface area contributed by atoms with Crippen LogP contribution >= 0.6 is 22.9 Å². The lowest BCUT2D eigenvalue weighted by Gasteiger charge is -2.25. The van der Waals surface area contributed by atoms with E-state index in [2.05, 4.69) is 19.5 Å². The summed E-state index contributed by atoms with van der Waals surface area (Å²) in [6, 6.07) is 7.77. The molecule has 0 atom stereocenters. The van der Waals surface area contributed by atoms with Crippen LogP contribution < -0.4 is 10.1 Å². The Hall–Kier alpha value is -3.94. The van der Waals surface area contributed by atoms with Crippen molar-refractivity contribution in [2.45, 2.75) is 31.1 Å². The summed E-state index contributed by atoms with van der Waals surface area (Å²) in [5, 5.41) is 3.79. The van der Waals surface area contributed by atoms with Gasteiger partial charge in [0.25, 0.3) is 0 Å². The smallest absolute Gasteiger partial charge is 0.428 e. The summed E-state index contributed by atoms with van der Waals surface area (Å²) in [4.78, 5) is 29.8. The summed E-state index contributed by atoms with van der Waals surface area (Å²) < 4.78 is 67.5.